The Morgan fingerprint density at radius 1 is 1.54 bits per heavy atom. The van der Waals surface area contributed by atoms with Gasteiger partial charge in [0, 0.05) is 7.11 Å². The number of H-pyrrole nitrogens is 1. The van der Waals surface area contributed by atoms with Crippen LogP contribution in [0.15, 0.2) is 17.4 Å². The van der Waals surface area contributed by atoms with Crippen LogP contribution in [0.1, 0.15) is 6.23 Å². The van der Waals surface area contributed by atoms with E-state index in [-0.39, 0.29) is 17.8 Å². The van der Waals surface area contributed by atoms with Gasteiger partial charge < -0.3 is 28.7 Å². The molecule has 0 bridgehead atoms. The first-order chi connectivity index (χ1) is 11.3. The van der Waals surface area contributed by atoms with E-state index in [1.165, 1.54) is 31.0 Å². The molecule has 3 heterocycles. The quantitative estimate of drug-likeness (QED) is 0.570. The van der Waals surface area contributed by atoms with Crippen molar-refractivity contribution in [1.29, 1.82) is 0 Å². The second-order valence-corrected chi connectivity index (χ2v) is 7.89. The fourth-order valence-electron chi connectivity index (χ4n) is 2.68. The maximum atomic E-state index is 11.9. The lowest BCUT2D eigenvalue weighted by Gasteiger charge is -2.25. The molecule has 1 fully saturated rings. The van der Waals surface area contributed by atoms with E-state index >= 15 is 0 Å². The highest BCUT2D eigenvalue weighted by molar-refractivity contribution is 7.59. The average molecular weight is 357 g/mol. The van der Waals surface area contributed by atoms with Crippen molar-refractivity contribution in [2.75, 3.05) is 20.4 Å². The first kappa shape index (κ1) is 17.2. The van der Waals surface area contributed by atoms with Gasteiger partial charge in [-0.15, -0.1) is 0 Å². The summed E-state index contributed by atoms with van der Waals surface area (Å²) in [6, 6.07) is 0. The van der Waals surface area contributed by atoms with Crippen LogP contribution >= 0.6 is 7.37 Å². The molecule has 2 aromatic heterocycles. The van der Waals surface area contributed by atoms with E-state index < -0.39 is 37.5 Å². The van der Waals surface area contributed by atoms with Crippen molar-refractivity contribution < 1.29 is 23.7 Å². The highest BCUT2D eigenvalue weighted by Gasteiger charge is 2.47. The van der Waals surface area contributed by atoms with E-state index in [2.05, 4.69) is 21.6 Å². The van der Waals surface area contributed by atoms with Crippen molar-refractivity contribution in [1.82, 2.24) is 19.5 Å². The molecular weight excluding hydrogens is 339 g/mol. The van der Waals surface area contributed by atoms with Gasteiger partial charge >= 0.3 is 0 Å². The second-order valence-electron chi connectivity index (χ2n) is 5.65. The van der Waals surface area contributed by atoms with Crippen LogP contribution < -0.4 is 5.56 Å². The lowest BCUT2D eigenvalue weighted by atomic mass is 10.1. The van der Waals surface area contributed by atoms with Crippen LogP contribution in [-0.4, -0.2) is 63.3 Å². The molecule has 0 amide bonds. The standard InChI is InChI=1S/C13H18N4O6P/c1-21-4-7-10(23-24(2,3)20)9(18)13(22-7)17-6-16-8-11(17)14-5-15-12(8)19/h5-7,9-10,13,18H,2,4H2,1,3H3,(H,14,15,19)/q-1/t7-,9+,10?,13-,24?/m1/s1. The number of nitrogens with zero attached hydrogens (tertiary/aromatic N) is 3. The fraction of sp³-hybridized carbons (Fsp3) is 0.538. The molecule has 0 spiro atoms. The Hall–Kier alpha value is -1.58. The largest absolute Gasteiger partial charge is 0.386 e. The zero-order chi connectivity index (χ0) is 17.5. The zero-order valence-corrected chi connectivity index (χ0v) is 14.1. The second kappa shape index (κ2) is 6.38. The number of hydrogen-bond donors (Lipinski definition) is 2. The summed E-state index contributed by atoms with van der Waals surface area (Å²) in [6.07, 6.45) is -1.06. The molecule has 5 atom stereocenters. The lowest BCUT2D eigenvalue weighted by Crippen LogP contribution is -2.35. The SMILES string of the molecule is [CH2-]P(C)(=O)OC1[C@@H](COC)O[C@@H](n2cnc3c(=O)[nH]cnc32)[C@H]1O. The molecule has 10 nitrogen and oxygen atoms in total. The molecule has 0 aliphatic carbocycles. The smallest absolute Gasteiger partial charge is 0.278 e. The first-order valence-corrected chi connectivity index (χ1v) is 9.40. The summed E-state index contributed by atoms with van der Waals surface area (Å²) in [5, 5.41) is 10.6. The van der Waals surface area contributed by atoms with E-state index in [1.807, 2.05) is 0 Å². The summed E-state index contributed by atoms with van der Waals surface area (Å²) in [5.74, 6) is 0. The molecule has 24 heavy (non-hydrogen) atoms. The van der Waals surface area contributed by atoms with Gasteiger partial charge in [0.25, 0.3) is 5.56 Å². The van der Waals surface area contributed by atoms with Gasteiger partial charge in [-0.05, 0) is 6.66 Å². The van der Waals surface area contributed by atoms with Gasteiger partial charge in [-0.1, -0.05) is 0 Å². The number of imidazole rings is 1. The lowest BCUT2D eigenvalue weighted by molar-refractivity contribution is -0.0568. The molecule has 2 N–H and O–H groups in total. The molecule has 2 aromatic rings. The summed E-state index contributed by atoms with van der Waals surface area (Å²) in [7, 11) is -1.64. The topological polar surface area (TPSA) is 129 Å². The summed E-state index contributed by atoms with van der Waals surface area (Å²) < 4.78 is 29.6. The third-order valence-corrected chi connectivity index (χ3v) is 4.31. The summed E-state index contributed by atoms with van der Waals surface area (Å²) >= 11 is 0. The minimum atomic E-state index is -3.11. The predicted octanol–water partition coefficient (Wildman–Crippen LogP) is 0.109. The monoisotopic (exact) mass is 357 g/mol. The van der Waals surface area contributed by atoms with Crippen LogP contribution in [0.3, 0.4) is 0 Å². The van der Waals surface area contributed by atoms with E-state index in [1.54, 1.807) is 0 Å². The normalized spacial score (nSPS) is 29.8. The van der Waals surface area contributed by atoms with E-state index in [0.29, 0.717) is 0 Å². The highest BCUT2D eigenvalue weighted by Crippen LogP contribution is 2.46. The number of aliphatic hydroxyl groups is 1. The third-order valence-electron chi connectivity index (χ3n) is 3.62. The maximum Gasteiger partial charge on any atom is 0.278 e. The Morgan fingerprint density at radius 3 is 2.96 bits per heavy atom. The maximum absolute atomic E-state index is 11.9. The van der Waals surface area contributed by atoms with Crippen molar-refractivity contribution in [3.8, 4) is 0 Å². The number of rotatable bonds is 5. The molecular formula is C13H18N4O6P-. The molecule has 11 heteroatoms. The van der Waals surface area contributed by atoms with Crippen LogP contribution in [0, 0.1) is 6.66 Å². The molecule has 132 valence electrons. The van der Waals surface area contributed by atoms with Crippen molar-refractivity contribution in [3.63, 3.8) is 0 Å². The summed E-state index contributed by atoms with van der Waals surface area (Å²) in [6.45, 7) is 4.94. The zero-order valence-electron chi connectivity index (χ0n) is 13.2. The van der Waals surface area contributed by atoms with E-state index in [0.717, 1.165) is 0 Å². The number of aromatic nitrogens is 4. The minimum absolute atomic E-state index is 0.124. The van der Waals surface area contributed by atoms with E-state index in [9.17, 15) is 14.5 Å². The molecule has 1 saturated heterocycles. The Labute approximate surface area is 137 Å². The first-order valence-electron chi connectivity index (χ1n) is 7.15. The average Bonchev–Trinajstić information content (AvgIpc) is 3.03. The predicted molar refractivity (Wildman–Crippen MR) is 83.7 cm³/mol. The summed E-state index contributed by atoms with van der Waals surface area (Å²) in [4.78, 5) is 22.2. The Balaban J connectivity index is 1.97. The molecule has 0 saturated carbocycles. The third kappa shape index (κ3) is 3.15. The molecule has 1 aliphatic heterocycles. The highest BCUT2D eigenvalue weighted by atomic mass is 31.2. The van der Waals surface area contributed by atoms with Crippen molar-refractivity contribution in [2.45, 2.75) is 24.5 Å². The molecule has 3 rings (SSSR count). The number of fused-ring (bicyclic) bond motifs is 1. The van der Waals surface area contributed by atoms with Gasteiger partial charge in [-0.25, -0.2) is 9.97 Å². The Bertz CT molecular complexity index is 829. The van der Waals surface area contributed by atoms with Crippen molar-refractivity contribution in [3.05, 3.63) is 29.7 Å². The molecule has 0 aromatic carbocycles. The molecule has 1 aliphatic rings. The van der Waals surface area contributed by atoms with Crippen molar-refractivity contribution >= 4 is 18.5 Å². The number of aliphatic hydroxyl groups excluding tert-OH is 1. The fourth-order valence-corrected chi connectivity index (χ4v) is 3.46. The number of methoxy groups -OCH3 is 1. The number of aromatic amines is 1. The number of hydrogen-bond acceptors (Lipinski definition) is 8. The minimum Gasteiger partial charge on any atom is -0.386 e. The van der Waals surface area contributed by atoms with Gasteiger partial charge in [-0.2, -0.15) is 0 Å². The van der Waals surface area contributed by atoms with Gasteiger partial charge in [0.05, 0.1) is 26.6 Å². The number of ether oxygens (including phenoxy) is 2. The van der Waals surface area contributed by atoms with Crippen LogP contribution in [0.2, 0.25) is 0 Å². The van der Waals surface area contributed by atoms with Crippen LogP contribution in [-0.2, 0) is 18.6 Å². The van der Waals surface area contributed by atoms with Crippen molar-refractivity contribution in [2.24, 2.45) is 0 Å². The van der Waals surface area contributed by atoms with Crippen LogP contribution in [0.4, 0.5) is 0 Å². The molecule has 2 unspecified atom stereocenters. The van der Waals surface area contributed by atoms with E-state index in [4.69, 9.17) is 14.0 Å². The number of nitrogens with one attached hydrogen (secondary N) is 1. The summed E-state index contributed by atoms with van der Waals surface area (Å²) in [5.41, 5.74) is -0.0171. The van der Waals surface area contributed by atoms with Gasteiger partial charge in [0.1, 0.15) is 18.3 Å². The van der Waals surface area contributed by atoms with Gasteiger partial charge in [0.2, 0.25) is 0 Å². The van der Waals surface area contributed by atoms with Gasteiger partial charge in [-0.3, -0.25) is 16.0 Å². The van der Waals surface area contributed by atoms with Gasteiger partial charge in [0.15, 0.2) is 17.4 Å². The van der Waals surface area contributed by atoms with Crippen LogP contribution in [0.25, 0.3) is 11.2 Å². The molecule has 0 radical (unpaired) electrons. The van der Waals surface area contributed by atoms with Crippen LogP contribution in [0.5, 0.6) is 0 Å². The Kier molecular flexibility index (Phi) is 4.58. The Morgan fingerprint density at radius 2 is 2.29 bits per heavy atom.